The molecule has 0 unspecified atom stereocenters. The number of hydrogen-bond acceptors (Lipinski definition) is 4. The highest BCUT2D eigenvalue weighted by Crippen LogP contribution is 2.20. The Bertz CT molecular complexity index is 515. The summed E-state index contributed by atoms with van der Waals surface area (Å²) in [7, 11) is 0.395. The Morgan fingerprint density at radius 3 is 2.30 bits per heavy atom. The molecule has 20 heavy (non-hydrogen) atoms. The fraction of sp³-hybridized carbons (Fsp3) is 0.571. The molecule has 0 heterocycles. The lowest BCUT2D eigenvalue weighted by Gasteiger charge is -2.24. The van der Waals surface area contributed by atoms with E-state index in [2.05, 4.69) is 0 Å². The summed E-state index contributed by atoms with van der Waals surface area (Å²) in [4.78, 5) is 2.31. The molecule has 114 valence electrons. The second kappa shape index (κ2) is 7.73. The van der Waals surface area contributed by atoms with Crippen LogP contribution in [0.5, 0.6) is 0 Å². The summed E-state index contributed by atoms with van der Waals surface area (Å²) in [5.74, 6) is 0. The first-order chi connectivity index (χ1) is 9.43. The van der Waals surface area contributed by atoms with Crippen LogP contribution in [0.4, 0.5) is 0 Å². The van der Waals surface area contributed by atoms with Crippen LogP contribution in [0.2, 0.25) is 0 Å². The molecule has 0 aliphatic rings. The van der Waals surface area contributed by atoms with Crippen LogP contribution in [-0.2, 0) is 16.6 Å². The summed E-state index contributed by atoms with van der Waals surface area (Å²) in [6.45, 7) is 3.91. The molecule has 0 bridgehead atoms. The largest absolute Gasteiger partial charge is 0.326 e. The molecule has 0 radical (unpaired) electrons. The summed E-state index contributed by atoms with van der Waals surface area (Å²) >= 11 is 0. The van der Waals surface area contributed by atoms with E-state index in [0.717, 1.165) is 6.42 Å². The van der Waals surface area contributed by atoms with Crippen LogP contribution in [-0.4, -0.2) is 51.4 Å². The first-order valence-corrected chi connectivity index (χ1v) is 8.30. The highest BCUT2D eigenvalue weighted by atomic mass is 32.2. The summed E-state index contributed by atoms with van der Waals surface area (Å²) in [6.07, 6.45) is 0.789. The van der Waals surface area contributed by atoms with E-state index >= 15 is 0 Å². The SMILES string of the molecule is CCCN(CCN(C)C)S(=O)(=O)c1ccccc1CN. The van der Waals surface area contributed by atoms with Gasteiger partial charge in [0, 0.05) is 26.2 Å². The number of nitrogens with zero attached hydrogens (tertiary/aromatic N) is 2. The van der Waals surface area contributed by atoms with Gasteiger partial charge in [0.25, 0.3) is 0 Å². The maximum absolute atomic E-state index is 12.8. The molecule has 0 aliphatic heterocycles. The van der Waals surface area contributed by atoms with Gasteiger partial charge in [-0.25, -0.2) is 8.42 Å². The Kier molecular flexibility index (Phi) is 6.61. The number of rotatable bonds is 8. The van der Waals surface area contributed by atoms with Gasteiger partial charge in [-0.05, 0) is 32.1 Å². The lowest BCUT2D eigenvalue weighted by Crippen LogP contribution is -2.37. The van der Waals surface area contributed by atoms with E-state index < -0.39 is 10.0 Å². The molecule has 0 aromatic heterocycles. The third-order valence-corrected chi connectivity index (χ3v) is 5.08. The zero-order valence-electron chi connectivity index (χ0n) is 12.5. The molecule has 0 amide bonds. The van der Waals surface area contributed by atoms with Gasteiger partial charge in [0.15, 0.2) is 0 Å². The molecule has 0 atom stereocenters. The van der Waals surface area contributed by atoms with Crippen molar-refractivity contribution in [3.8, 4) is 0 Å². The fourth-order valence-electron chi connectivity index (χ4n) is 1.98. The van der Waals surface area contributed by atoms with Gasteiger partial charge >= 0.3 is 0 Å². The number of sulfonamides is 1. The van der Waals surface area contributed by atoms with Gasteiger partial charge in [-0.1, -0.05) is 25.1 Å². The van der Waals surface area contributed by atoms with Crippen LogP contribution < -0.4 is 5.73 Å². The number of benzene rings is 1. The van der Waals surface area contributed by atoms with Gasteiger partial charge in [0.05, 0.1) is 4.90 Å². The Labute approximate surface area is 122 Å². The van der Waals surface area contributed by atoms with E-state index in [1.165, 1.54) is 0 Å². The van der Waals surface area contributed by atoms with Crippen molar-refractivity contribution < 1.29 is 8.42 Å². The molecular formula is C14H25N3O2S. The number of likely N-dealkylation sites (N-methyl/N-ethyl adjacent to an activating group) is 1. The van der Waals surface area contributed by atoms with Crippen molar-refractivity contribution in [1.82, 2.24) is 9.21 Å². The summed E-state index contributed by atoms with van der Waals surface area (Å²) < 4.78 is 27.1. The zero-order chi connectivity index (χ0) is 15.2. The maximum Gasteiger partial charge on any atom is 0.243 e. The Balaban J connectivity index is 3.09. The van der Waals surface area contributed by atoms with Gasteiger partial charge in [-0.3, -0.25) is 0 Å². The van der Waals surface area contributed by atoms with Crippen LogP contribution in [0, 0.1) is 0 Å². The first kappa shape index (κ1) is 17.1. The van der Waals surface area contributed by atoms with E-state index in [1.54, 1.807) is 22.5 Å². The second-order valence-corrected chi connectivity index (χ2v) is 6.93. The van der Waals surface area contributed by atoms with E-state index in [9.17, 15) is 8.42 Å². The minimum absolute atomic E-state index is 0.225. The fourth-order valence-corrected chi connectivity index (χ4v) is 3.73. The van der Waals surface area contributed by atoms with Crippen LogP contribution in [0.15, 0.2) is 29.2 Å². The van der Waals surface area contributed by atoms with E-state index in [0.29, 0.717) is 30.1 Å². The van der Waals surface area contributed by atoms with Crippen LogP contribution in [0.25, 0.3) is 0 Å². The van der Waals surface area contributed by atoms with Crippen LogP contribution >= 0.6 is 0 Å². The predicted octanol–water partition coefficient (Wildman–Crippen LogP) is 1.11. The molecule has 0 fully saturated rings. The minimum Gasteiger partial charge on any atom is -0.326 e. The lowest BCUT2D eigenvalue weighted by molar-refractivity contribution is 0.332. The quantitative estimate of drug-likeness (QED) is 0.781. The van der Waals surface area contributed by atoms with Crippen molar-refractivity contribution >= 4 is 10.0 Å². The van der Waals surface area contributed by atoms with E-state index in [1.807, 2.05) is 32.0 Å². The molecule has 2 N–H and O–H groups in total. The Morgan fingerprint density at radius 2 is 1.75 bits per heavy atom. The van der Waals surface area contributed by atoms with Crippen LogP contribution in [0.1, 0.15) is 18.9 Å². The monoisotopic (exact) mass is 299 g/mol. The topological polar surface area (TPSA) is 66.6 Å². The average Bonchev–Trinajstić information content (AvgIpc) is 2.42. The molecule has 6 heteroatoms. The number of hydrogen-bond donors (Lipinski definition) is 1. The Hall–Kier alpha value is -0.950. The van der Waals surface area contributed by atoms with Gasteiger partial charge in [0.1, 0.15) is 0 Å². The first-order valence-electron chi connectivity index (χ1n) is 6.86. The van der Waals surface area contributed by atoms with Crippen molar-refractivity contribution in [3.63, 3.8) is 0 Å². The second-order valence-electron chi connectivity index (χ2n) is 5.02. The lowest BCUT2D eigenvalue weighted by atomic mass is 10.2. The summed E-state index contributed by atoms with van der Waals surface area (Å²) in [6, 6.07) is 6.95. The molecule has 0 saturated heterocycles. The van der Waals surface area contributed by atoms with Crippen molar-refractivity contribution in [3.05, 3.63) is 29.8 Å². The Morgan fingerprint density at radius 1 is 1.10 bits per heavy atom. The van der Waals surface area contributed by atoms with Crippen LogP contribution in [0.3, 0.4) is 0 Å². The summed E-state index contributed by atoms with van der Waals surface area (Å²) in [5.41, 5.74) is 6.32. The molecule has 1 aromatic rings. The van der Waals surface area contributed by atoms with Crippen molar-refractivity contribution in [2.24, 2.45) is 5.73 Å². The zero-order valence-corrected chi connectivity index (χ0v) is 13.4. The highest BCUT2D eigenvalue weighted by molar-refractivity contribution is 7.89. The third-order valence-electron chi connectivity index (χ3n) is 3.08. The molecule has 0 saturated carbocycles. The normalized spacial score (nSPS) is 12.3. The smallest absolute Gasteiger partial charge is 0.243 e. The maximum atomic E-state index is 12.8. The van der Waals surface area contributed by atoms with Crippen molar-refractivity contribution in [2.45, 2.75) is 24.8 Å². The molecular weight excluding hydrogens is 274 g/mol. The summed E-state index contributed by atoms with van der Waals surface area (Å²) in [5, 5.41) is 0. The van der Waals surface area contributed by atoms with Crippen molar-refractivity contribution in [1.29, 1.82) is 0 Å². The predicted molar refractivity (Wildman–Crippen MR) is 81.9 cm³/mol. The van der Waals surface area contributed by atoms with Gasteiger partial charge < -0.3 is 10.6 Å². The molecule has 0 spiro atoms. The number of nitrogens with two attached hydrogens (primary N) is 1. The third kappa shape index (κ3) is 4.28. The molecule has 0 aliphatic carbocycles. The minimum atomic E-state index is -3.47. The van der Waals surface area contributed by atoms with E-state index in [4.69, 9.17) is 5.73 Å². The van der Waals surface area contributed by atoms with Gasteiger partial charge in [-0.15, -0.1) is 0 Å². The van der Waals surface area contributed by atoms with E-state index in [-0.39, 0.29) is 6.54 Å². The van der Waals surface area contributed by atoms with Crippen molar-refractivity contribution in [2.75, 3.05) is 33.7 Å². The average molecular weight is 299 g/mol. The standard InChI is InChI=1S/C14H25N3O2S/c1-4-9-17(11-10-16(2)3)20(18,19)14-8-6-5-7-13(14)12-15/h5-8H,4,9-12,15H2,1-3H3. The van der Waals surface area contributed by atoms with Gasteiger partial charge in [0.2, 0.25) is 10.0 Å². The molecule has 5 nitrogen and oxygen atoms in total. The molecule has 1 rings (SSSR count). The molecule has 1 aromatic carbocycles. The highest BCUT2D eigenvalue weighted by Gasteiger charge is 2.25. The van der Waals surface area contributed by atoms with Gasteiger partial charge in [-0.2, -0.15) is 4.31 Å².